The van der Waals surface area contributed by atoms with E-state index in [9.17, 15) is 4.79 Å². The minimum Gasteiger partial charge on any atom is -0.325 e. The second-order valence-electron chi connectivity index (χ2n) is 4.27. The lowest BCUT2D eigenvalue weighted by Gasteiger charge is -2.12. The molecule has 0 unspecified atom stereocenters. The van der Waals surface area contributed by atoms with Gasteiger partial charge >= 0.3 is 0 Å². The van der Waals surface area contributed by atoms with Crippen LogP contribution < -0.4 is 5.32 Å². The van der Waals surface area contributed by atoms with Crippen molar-refractivity contribution in [3.63, 3.8) is 0 Å². The molecule has 0 aliphatic rings. The van der Waals surface area contributed by atoms with Crippen molar-refractivity contribution in [3.8, 4) is 0 Å². The third-order valence-electron chi connectivity index (χ3n) is 2.71. The average molecular weight is 324 g/mol. The zero-order chi connectivity index (χ0) is 13.1. The van der Waals surface area contributed by atoms with Crippen LogP contribution in [0.1, 0.15) is 16.7 Å². The molecule has 18 heavy (non-hydrogen) atoms. The second kappa shape index (κ2) is 5.67. The van der Waals surface area contributed by atoms with Crippen molar-refractivity contribution < 1.29 is 4.79 Å². The van der Waals surface area contributed by atoms with E-state index in [-0.39, 0.29) is 5.91 Å². The molecule has 1 N–H and O–H groups in total. The zero-order valence-electron chi connectivity index (χ0n) is 10.3. The van der Waals surface area contributed by atoms with E-state index in [1.807, 2.05) is 42.8 Å². The van der Waals surface area contributed by atoms with Crippen LogP contribution in [0, 0.1) is 13.8 Å². The van der Waals surface area contributed by atoms with Gasteiger partial charge in [-0.1, -0.05) is 15.9 Å². The number of halogens is 1. The fourth-order valence-electron chi connectivity index (χ4n) is 1.87. The van der Waals surface area contributed by atoms with Gasteiger partial charge in [-0.2, -0.15) is 11.3 Å². The Labute approximate surface area is 119 Å². The van der Waals surface area contributed by atoms with E-state index in [4.69, 9.17) is 0 Å². The monoisotopic (exact) mass is 323 g/mol. The molecule has 1 heterocycles. The molecule has 0 aliphatic carbocycles. The Bertz CT molecular complexity index is 540. The topological polar surface area (TPSA) is 29.1 Å². The van der Waals surface area contributed by atoms with Crippen molar-refractivity contribution >= 4 is 38.9 Å². The highest BCUT2D eigenvalue weighted by atomic mass is 79.9. The number of hydrogen-bond acceptors (Lipinski definition) is 2. The molecule has 2 aromatic rings. The Kier molecular flexibility index (Phi) is 4.19. The third-order valence-corrected chi connectivity index (χ3v) is 3.90. The van der Waals surface area contributed by atoms with Crippen LogP contribution in [0.2, 0.25) is 0 Å². The molecule has 0 atom stereocenters. The Balaban J connectivity index is 2.12. The van der Waals surface area contributed by atoms with Gasteiger partial charge in [0.1, 0.15) is 0 Å². The molecule has 0 saturated carbocycles. The van der Waals surface area contributed by atoms with Gasteiger partial charge < -0.3 is 5.32 Å². The number of thiophene rings is 1. The number of nitrogens with one attached hydrogen (secondary N) is 1. The molecule has 0 aliphatic heterocycles. The average Bonchev–Trinajstić information content (AvgIpc) is 2.76. The fourth-order valence-corrected chi connectivity index (χ4v) is 3.23. The van der Waals surface area contributed by atoms with Crippen LogP contribution in [0.5, 0.6) is 0 Å². The van der Waals surface area contributed by atoms with E-state index >= 15 is 0 Å². The highest BCUT2D eigenvalue weighted by Gasteiger charge is 2.09. The van der Waals surface area contributed by atoms with E-state index < -0.39 is 0 Å². The standard InChI is InChI=1S/C14H14BrNOS/c1-9-5-12(15)6-10(2)14(9)16-13(17)7-11-3-4-18-8-11/h3-6,8H,7H2,1-2H3,(H,16,17). The van der Waals surface area contributed by atoms with Gasteiger partial charge in [0.15, 0.2) is 0 Å². The summed E-state index contributed by atoms with van der Waals surface area (Å²) in [4.78, 5) is 12.0. The highest BCUT2D eigenvalue weighted by Crippen LogP contribution is 2.25. The molecule has 0 fully saturated rings. The number of rotatable bonds is 3. The van der Waals surface area contributed by atoms with Crippen LogP contribution in [-0.4, -0.2) is 5.91 Å². The van der Waals surface area contributed by atoms with Gasteiger partial charge in [-0.25, -0.2) is 0 Å². The maximum atomic E-state index is 12.0. The van der Waals surface area contributed by atoms with Gasteiger partial charge in [0, 0.05) is 10.2 Å². The summed E-state index contributed by atoms with van der Waals surface area (Å²) in [5.74, 6) is 0.0296. The van der Waals surface area contributed by atoms with E-state index in [1.165, 1.54) is 0 Å². The molecule has 2 rings (SSSR count). The van der Waals surface area contributed by atoms with Crippen LogP contribution in [0.3, 0.4) is 0 Å². The number of hydrogen-bond donors (Lipinski definition) is 1. The number of carbonyl (C=O) groups excluding carboxylic acids is 1. The SMILES string of the molecule is Cc1cc(Br)cc(C)c1NC(=O)Cc1ccsc1. The molecule has 1 amide bonds. The Hall–Kier alpha value is -1.13. The van der Waals surface area contributed by atoms with Crippen LogP contribution in [0.25, 0.3) is 0 Å². The van der Waals surface area contributed by atoms with Crippen molar-refractivity contribution in [1.29, 1.82) is 0 Å². The van der Waals surface area contributed by atoms with Crippen molar-refractivity contribution in [2.75, 3.05) is 5.32 Å². The predicted molar refractivity (Wildman–Crippen MR) is 80.3 cm³/mol. The molecule has 1 aromatic heterocycles. The summed E-state index contributed by atoms with van der Waals surface area (Å²) in [6.45, 7) is 4.00. The number of amides is 1. The van der Waals surface area contributed by atoms with Crippen LogP contribution in [0.15, 0.2) is 33.4 Å². The quantitative estimate of drug-likeness (QED) is 0.896. The third kappa shape index (κ3) is 3.21. The van der Waals surface area contributed by atoms with Gasteiger partial charge in [-0.05, 0) is 59.5 Å². The summed E-state index contributed by atoms with van der Waals surface area (Å²) in [5.41, 5.74) is 4.12. The van der Waals surface area contributed by atoms with Crippen molar-refractivity contribution in [2.45, 2.75) is 20.3 Å². The van der Waals surface area contributed by atoms with Crippen LogP contribution >= 0.6 is 27.3 Å². The summed E-state index contributed by atoms with van der Waals surface area (Å²) >= 11 is 5.06. The first-order chi connectivity index (χ1) is 8.56. The molecule has 2 nitrogen and oxygen atoms in total. The molecule has 0 saturated heterocycles. The molecule has 1 aromatic carbocycles. The van der Waals surface area contributed by atoms with Crippen LogP contribution in [0.4, 0.5) is 5.69 Å². The summed E-state index contributed by atoms with van der Waals surface area (Å²) in [6, 6.07) is 5.99. The molecule has 0 radical (unpaired) electrons. The van der Waals surface area contributed by atoms with E-state index in [2.05, 4.69) is 21.2 Å². The number of anilines is 1. The lowest BCUT2D eigenvalue weighted by atomic mass is 10.1. The zero-order valence-corrected chi connectivity index (χ0v) is 12.7. The Morgan fingerprint density at radius 2 is 2.00 bits per heavy atom. The fraction of sp³-hybridized carbons (Fsp3) is 0.214. The Morgan fingerprint density at radius 1 is 1.33 bits per heavy atom. The Morgan fingerprint density at radius 3 is 2.56 bits per heavy atom. The first-order valence-electron chi connectivity index (χ1n) is 5.64. The molecular formula is C14H14BrNOS. The summed E-state index contributed by atoms with van der Waals surface area (Å²) in [5, 5.41) is 6.97. The van der Waals surface area contributed by atoms with Crippen molar-refractivity contribution in [1.82, 2.24) is 0 Å². The largest absolute Gasteiger partial charge is 0.325 e. The number of aryl methyl sites for hydroxylation is 2. The van der Waals surface area contributed by atoms with Crippen molar-refractivity contribution in [2.24, 2.45) is 0 Å². The smallest absolute Gasteiger partial charge is 0.228 e. The maximum absolute atomic E-state index is 12.0. The lowest BCUT2D eigenvalue weighted by molar-refractivity contribution is -0.115. The van der Waals surface area contributed by atoms with E-state index in [0.29, 0.717) is 6.42 Å². The molecular weight excluding hydrogens is 310 g/mol. The summed E-state index contributed by atoms with van der Waals surface area (Å²) < 4.78 is 1.04. The number of benzene rings is 1. The number of carbonyl (C=O) groups is 1. The van der Waals surface area contributed by atoms with Gasteiger partial charge in [0.2, 0.25) is 5.91 Å². The lowest BCUT2D eigenvalue weighted by Crippen LogP contribution is -2.15. The van der Waals surface area contributed by atoms with Gasteiger partial charge in [0.05, 0.1) is 6.42 Å². The minimum atomic E-state index is 0.0296. The van der Waals surface area contributed by atoms with Gasteiger partial charge in [0.25, 0.3) is 0 Å². The van der Waals surface area contributed by atoms with Crippen molar-refractivity contribution in [3.05, 3.63) is 50.1 Å². The van der Waals surface area contributed by atoms with Gasteiger partial charge in [-0.15, -0.1) is 0 Å². The van der Waals surface area contributed by atoms with E-state index in [0.717, 1.165) is 26.9 Å². The summed E-state index contributed by atoms with van der Waals surface area (Å²) in [6.07, 6.45) is 0.429. The first kappa shape index (κ1) is 13.3. The normalized spacial score (nSPS) is 10.4. The second-order valence-corrected chi connectivity index (χ2v) is 5.97. The molecule has 4 heteroatoms. The maximum Gasteiger partial charge on any atom is 0.228 e. The molecule has 94 valence electrons. The summed E-state index contributed by atoms with van der Waals surface area (Å²) in [7, 11) is 0. The minimum absolute atomic E-state index is 0.0296. The van der Waals surface area contributed by atoms with Gasteiger partial charge in [-0.3, -0.25) is 4.79 Å². The predicted octanol–water partition coefficient (Wildman–Crippen LogP) is 4.31. The molecule has 0 spiro atoms. The first-order valence-corrected chi connectivity index (χ1v) is 7.37. The van der Waals surface area contributed by atoms with Crippen LogP contribution in [-0.2, 0) is 11.2 Å². The van der Waals surface area contributed by atoms with E-state index in [1.54, 1.807) is 11.3 Å². The molecule has 0 bridgehead atoms. The highest BCUT2D eigenvalue weighted by molar-refractivity contribution is 9.10.